The molecular formula is C8H13N3. The molecule has 0 bridgehead atoms. The van der Waals surface area contributed by atoms with Gasteiger partial charge in [0.15, 0.2) is 0 Å². The maximum atomic E-state index is 5.39. The largest absolute Gasteiger partial charge is 0.330 e. The van der Waals surface area contributed by atoms with E-state index in [2.05, 4.69) is 4.98 Å². The van der Waals surface area contributed by atoms with Crippen LogP contribution < -0.4 is 11.5 Å². The van der Waals surface area contributed by atoms with Crippen LogP contribution in [-0.4, -0.2) is 11.5 Å². The molecule has 0 aliphatic rings. The van der Waals surface area contributed by atoms with E-state index in [1.165, 1.54) is 5.56 Å². The molecule has 0 aliphatic heterocycles. The van der Waals surface area contributed by atoms with Gasteiger partial charge in [0.1, 0.15) is 0 Å². The first kappa shape index (κ1) is 8.17. The van der Waals surface area contributed by atoms with Crippen LogP contribution in [0, 0.1) is 0 Å². The first-order valence-corrected chi connectivity index (χ1v) is 3.70. The highest BCUT2D eigenvalue weighted by molar-refractivity contribution is 5.14. The lowest BCUT2D eigenvalue weighted by Gasteiger charge is -1.98. The molecule has 0 spiro atoms. The van der Waals surface area contributed by atoms with E-state index in [4.69, 9.17) is 11.5 Å². The molecule has 1 rings (SSSR count). The third kappa shape index (κ3) is 2.29. The molecule has 0 atom stereocenters. The van der Waals surface area contributed by atoms with Crippen LogP contribution in [0.25, 0.3) is 0 Å². The zero-order valence-electron chi connectivity index (χ0n) is 6.46. The van der Waals surface area contributed by atoms with Crippen LogP contribution in [0.3, 0.4) is 0 Å². The van der Waals surface area contributed by atoms with E-state index in [9.17, 15) is 0 Å². The number of hydrogen-bond donors (Lipinski definition) is 2. The van der Waals surface area contributed by atoms with Crippen LogP contribution in [0.5, 0.6) is 0 Å². The van der Waals surface area contributed by atoms with Crippen LogP contribution in [0.2, 0.25) is 0 Å². The van der Waals surface area contributed by atoms with E-state index in [1.54, 1.807) is 0 Å². The van der Waals surface area contributed by atoms with E-state index in [-0.39, 0.29) is 0 Å². The fourth-order valence-corrected chi connectivity index (χ4v) is 0.890. The van der Waals surface area contributed by atoms with Gasteiger partial charge in [-0.25, -0.2) is 0 Å². The molecule has 0 amide bonds. The zero-order chi connectivity index (χ0) is 8.10. The van der Waals surface area contributed by atoms with Gasteiger partial charge >= 0.3 is 0 Å². The Morgan fingerprint density at radius 1 is 1.27 bits per heavy atom. The van der Waals surface area contributed by atoms with Crippen molar-refractivity contribution in [1.82, 2.24) is 4.98 Å². The fraction of sp³-hybridized carbons (Fsp3) is 0.375. The van der Waals surface area contributed by atoms with Gasteiger partial charge in [-0.3, -0.25) is 4.98 Å². The minimum atomic E-state index is 0.503. The Hall–Kier alpha value is -0.930. The number of nitrogens with zero attached hydrogens (tertiary/aromatic N) is 1. The molecular weight excluding hydrogens is 138 g/mol. The lowest BCUT2D eigenvalue weighted by Crippen LogP contribution is -2.04. The molecule has 11 heavy (non-hydrogen) atoms. The van der Waals surface area contributed by atoms with Crippen molar-refractivity contribution in [3.05, 3.63) is 29.6 Å². The van der Waals surface area contributed by atoms with Crippen LogP contribution in [0.15, 0.2) is 18.3 Å². The molecule has 0 saturated heterocycles. The molecule has 0 fully saturated rings. The highest BCUT2D eigenvalue weighted by Gasteiger charge is 1.92. The molecule has 3 heteroatoms. The average Bonchev–Trinajstić information content (AvgIpc) is 2.07. The molecule has 0 radical (unpaired) electrons. The van der Waals surface area contributed by atoms with Gasteiger partial charge in [0.05, 0.1) is 5.69 Å². The Balaban J connectivity index is 2.66. The number of rotatable bonds is 3. The number of nitrogens with two attached hydrogens (primary N) is 2. The summed E-state index contributed by atoms with van der Waals surface area (Å²) in [4.78, 5) is 4.14. The van der Waals surface area contributed by atoms with Gasteiger partial charge in [0.2, 0.25) is 0 Å². The summed E-state index contributed by atoms with van der Waals surface area (Å²) in [5, 5.41) is 0. The lowest BCUT2D eigenvalue weighted by molar-refractivity contribution is 0.932. The van der Waals surface area contributed by atoms with Crippen molar-refractivity contribution in [2.45, 2.75) is 13.0 Å². The second kappa shape index (κ2) is 4.05. The summed E-state index contributed by atoms with van der Waals surface area (Å²) < 4.78 is 0. The molecule has 0 saturated carbocycles. The Morgan fingerprint density at radius 3 is 2.55 bits per heavy atom. The summed E-state index contributed by atoms with van der Waals surface area (Å²) in [5.74, 6) is 0. The van der Waals surface area contributed by atoms with Gasteiger partial charge in [0, 0.05) is 12.7 Å². The predicted molar refractivity (Wildman–Crippen MR) is 44.9 cm³/mol. The molecule has 0 aromatic carbocycles. The van der Waals surface area contributed by atoms with Crippen molar-refractivity contribution in [2.75, 3.05) is 6.54 Å². The van der Waals surface area contributed by atoms with E-state index in [1.807, 2.05) is 18.3 Å². The molecule has 0 unspecified atom stereocenters. The summed E-state index contributed by atoms with van der Waals surface area (Å²) in [5.41, 5.74) is 12.9. The monoisotopic (exact) mass is 151 g/mol. The van der Waals surface area contributed by atoms with Crippen molar-refractivity contribution >= 4 is 0 Å². The van der Waals surface area contributed by atoms with Gasteiger partial charge in [-0.05, 0) is 24.6 Å². The molecule has 0 aliphatic carbocycles. The Bertz CT molecular complexity index is 205. The highest BCUT2D eigenvalue weighted by Crippen LogP contribution is 1.99. The zero-order valence-corrected chi connectivity index (χ0v) is 6.46. The molecule has 1 aromatic rings. The third-order valence-corrected chi connectivity index (χ3v) is 1.53. The van der Waals surface area contributed by atoms with Gasteiger partial charge in [0.25, 0.3) is 0 Å². The minimum Gasteiger partial charge on any atom is -0.330 e. The number of aromatic nitrogens is 1. The van der Waals surface area contributed by atoms with Gasteiger partial charge in [-0.2, -0.15) is 0 Å². The summed E-state index contributed by atoms with van der Waals surface area (Å²) in [6.07, 6.45) is 2.72. The normalized spacial score (nSPS) is 10.0. The first-order valence-electron chi connectivity index (χ1n) is 3.70. The number of hydrogen-bond acceptors (Lipinski definition) is 3. The molecule has 4 N–H and O–H groups in total. The Morgan fingerprint density at radius 2 is 2.09 bits per heavy atom. The average molecular weight is 151 g/mol. The van der Waals surface area contributed by atoms with Crippen molar-refractivity contribution in [3.8, 4) is 0 Å². The molecule has 1 heterocycles. The molecule has 1 aromatic heterocycles. The molecule has 3 nitrogen and oxygen atoms in total. The van der Waals surface area contributed by atoms with Gasteiger partial charge in [-0.15, -0.1) is 0 Å². The summed E-state index contributed by atoms with van der Waals surface area (Å²) in [7, 11) is 0. The standard InChI is InChI=1S/C8H13N3/c9-4-3-7-1-2-8(5-10)11-6-7/h1-2,6H,3-5,9-10H2. The van der Waals surface area contributed by atoms with E-state index >= 15 is 0 Å². The second-order valence-corrected chi connectivity index (χ2v) is 2.40. The van der Waals surface area contributed by atoms with Crippen molar-refractivity contribution in [1.29, 1.82) is 0 Å². The van der Waals surface area contributed by atoms with Crippen molar-refractivity contribution in [3.63, 3.8) is 0 Å². The summed E-state index contributed by atoms with van der Waals surface area (Å²) in [6.45, 7) is 1.17. The van der Waals surface area contributed by atoms with E-state index < -0.39 is 0 Å². The maximum absolute atomic E-state index is 5.39. The maximum Gasteiger partial charge on any atom is 0.0539 e. The predicted octanol–water partition coefficient (Wildman–Crippen LogP) is 0.0415. The van der Waals surface area contributed by atoms with E-state index in [0.717, 1.165) is 12.1 Å². The quantitative estimate of drug-likeness (QED) is 0.641. The summed E-state index contributed by atoms with van der Waals surface area (Å²) in [6, 6.07) is 3.95. The second-order valence-electron chi connectivity index (χ2n) is 2.40. The van der Waals surface area contributed by atoms with Crippen LogP contribution in [-0.2, 0) is 13.0 Å². The molecule has 60 valence electrons. The Kier molecular flexibility index (Phi) is 3.01. The highest BCUT2D eigenvalue weighted by atomic mass is 14.7. The van der Waals surface area contributed by atoms with Crippen molar-refractivity contribution < 1.29 is 0 Å². The number of pyridine rings is 1. The van der Waals surface area contributed by atoms with Crippen LogP contribution in [0.1, 0.15) is 11.3 Å². The van der Waals surface area contributed by atoms with E-state index in [0.29, 0.717) is 13.1 Å². The van der Waals surface area contributed by atoms with Crippen LogP contribution in [0.4, 0.5) is 0 Å². The Labute approximate surface area is 66.4 Å². The smallest absolute Gasteiger partial charge is 0.0539 e. The first-order chi connectivity index (χ1) is 5.36. The SMILES string of the molecule is NCCc1ccc(CN)nc1. The van der Waals surface area contributed by atoms with Crippen LogP contribution >= 0.6 is 0 Å². The fourth-order valence-electron chi connectivity index (χ4n) is 0.890. The summed E-state index contributed by atoms with van der Waals surface area (Å²) >= 11 is 0. The third-order valence-electron chi connectivity index (χ3n) is 1.53. The minimum absolute atomic E-state index is 0.503. The lowest BCUT2D eigenvalue weighted by atomic mass is 10.2. The van der Waals surface area contributed by atoms with Gasteiger partial charge in [-0.1, -0.05) is 6.07 Å². The van der Waals surface area contributed by atoms with Gasteiger partial charge < -0.3 is 11.5 Å². The van der Waals surface area contributed by atoms with Crippen molar-refractivity contribution in [2.24, 2.45) is 11.5 Å². The topological polar surface area (TPSA) is 64.9 Å².